The summed E-state index contributed by atoms with van der Waals surface area (Å²) in [5.74, 6) is 0. The molecule has 0 radical (unpaired) electrons. The van der Waals surface area contributed by atoms with E-state index in [1.165, 1.54) is 5.56 Å². The van der Waals surface area contributed by atoms with Gasteiger partial charge in [-0.2, -0.15) is 0 Å². The molecule has 3 nitrogen and oxygen atoms in total. The van der Waals surface area contributed by atoms with Crippen molar-refractivity contribution in [2.45, 2.75) is 25.8 Å². The second-order valence-corrected chi connectivity index (χ2v) is 4.18. The maximum atomic E-state index is 8.85. The van der Waals surface area contributed by atoms with Gasteiger partial charge in [-0.25, -0.2) is 0 Å². The molecule has 0 aliphatic heterocycles. The molecule has 0 saturated heterocycles. The molecule has 0 aliphatic rings. The van der Waals surface area contributed by atoms with Gasteiger partial charge < -0.3 is 15.7 Å². The first-order valence-electron chi connectivity index (χ1n) is 5.84. The molecule has 1 aromatic carbocycles. The van der Waals surface area contributed by atoms with E-state index in [1.54, 1.807) is 0 Å². The largest absolute Gasteiger partial charge is 0.395 e. The summed E-state index contributed by atoms with van der Waals surface area (Å²) in [5, 5.41) is 8.85. The van der Waals surface area contributed by atoms with Gasteiger partial charge in [-0.3, -0.25) is 0 Å². The minimum atomic E-state index is 0. The van der Waals surface area contributed by atoms with Crippen LogP contribution >= 0.6 is 12.4 Å². The number of hydrogen-bond donors (Lipinski definition) is 2. The van der Waals surface area contributed by atoms with Gasteiger partial charge in [-0.05, 0) is 30.5 Å². The van der Waals surface area contributed by atoms with Crippen LogP contribution in [-0.2, 0) is 6.42 Å². The number of benzene rings is 1. The van der Waals surface area contributed by atoms with E-state index >= 15 is 0 Å². The van der Waals surface area contributed by atoms with E-state index in [2.05, 4.69) is 31.2 Å². The molecule has 0 aromatic heterocycles. The van der Waals surface area contributed by atoms with Crippen LogP contribution in [0.3, 0.4) is 0 Å². The smallest absolute Gasteiger partial charge is 0.0606 e. The third-order valence-corrected chi connectivity index (χ3v) is 2.83. The molecular weight excluding hydrogens is 236 g/mol. The Morgan fingerprint density at radius 1 is 1.29 bits per heavy atom. The van der Waals surface area contributed by atoms with Gasteiger partial charge in [0.05, 0.1) is 6.61 Å². The quantitative estimate of drug-likeness (QED) is 0.818. The van der Waals surface area contributed by atoms with E-state index < -0.39 is 0 Å². The summed E-state index contributed by atoms with van der Waals surface area (Å²) in [6.07, 6.45) is 1.94. The number of nitrogens with two attached hydrogens (primary N) is 1. The lowest BCUT2D eigenvalue weighted by Gasteiger charge is -2.18. The number of anilines is 1. The number of halogens is 1. The summed E-state index contributed by atoms with van der Waals surface area (Å²) in [6.45, 7) is 2.95. The fourth-order valence-electron chi connectivity index (χ4n) is 1.61. The van der Waals surface area contributed by atoms with E-state index in [0.29, 0.717) is 6.54 Å². The summed E-state index contributed by atoms with van der Waals surface area (Å²) in [5.41, 5.74) is 8.31. The Bertz CT molecular complexity index is 303. The lowest BCUT2D eigenvalue weighted by molar-refractivity contribution is 0.304. The van der Waals surface area contributed by atoms with Gasteiger partial charge in [0.1, 0.15) is 0 Å². The van der Waals surface area contributed by atoms with Crippen LogP contribution < -0.4 is 10.6 Å². The molecule has 1 rings (SSSR count). The molecule has 0 saturated carbocycles. The molecule has 1 atom stereocenters. The van der Waals surface area contributed by atoms with Gasteiger partial charge in [0.2, 0.25) is 0 Å². The molecule has 1 aromatic rings. The van der Waals surface area contributed by atoms with Gasteiger partial charge in [-0.1, -0.05) is 19.1 Å². The first kappa shape index (κ1) is 16.2. The highest BCUT2D eigenvalue weighted by Crippen LogP contribution is 2.14. The number of aliphatic hydroxyl groups excluding tert-OH is 1. The summed E-state index contributed by atoms with van der Waals surface area (Å²) in [4.78, 5) is 2.03. The Kier molecular flexibility index (Phi) is 7.96. The topological polar surface area (TPSA) is 49.5 Å². The first-order valence-corrected chi connectivity index (χ1v) is 5.84. The van der Waals surface area contributed by atoms with Crippen LogP contribution in [0.5, 0.6) is 0 Å². The van der Waals surface area contributed by atoms with Gasteiger partial charge in [-0.15, -0.1) is 12.4 Å². The molecule has 0 fully saturated rings. The minimum absolute atomic E-state index is 0. The van der Waals surface area contributed by atoms with Gasteiger partial charge in [0.25, 0.3) is 0 Å². The summed E-state index contributed by atoms with van der Waals surface area (Å²) in [7, 11) is 1.98. The molecule has 3 N–H and O–H groups in total. The first-order chi connectivity index (χ1) is 7.67. The van der Waals surface area contributed by atoms with E-state index in [9.17, 15) is 0 Å². The molecule has 1 unspecified atom stereocenters. The molecule has 0 heterocycles. The fourth-order valence-corrected chi connectivity index (χ4v) is 1.61. The lowest BCUT2D eigenvalue weighted by Crippen LogP contribution is -2.22. The van der Waals surface area contributed by atoms with Crippen LogP contribution in [0.2, 0.25) is 0 Å². The highest BCUT2D eigenvalue weighted by Gasteiger charge is 2.03. The monoisotopic (exact) mass is 258 g/mol. The Morgan fingerprint density at radius 3 is 2.35 bits per heavy atom. The standard InChI is InChI=1S/C13H22N2O.ClH/c1-3-12(14)10-11-4-6-13(7-5-11)15(2)8-9-16;/h4-7,12,16H,3,8-10,14H2,1-2H3;1H. The van der Waals surface area contributed by atoms with Crippen molar-refractivity contribution in [3.8, 4) is 0 Å². The summed E-state index contributed by atoms with van der Waals surface area (Å²) in [6, 6.07) is 8.62. The highest BCUT2D eigenvalue weighted by molar-refractivity contribution is 5.85. The van der Waals surface area contributed by atoms with Crippen molar-refractivity contribution in [3.63, 3.8) is 0 Å². The van der Waals surface area contributed by atoms with E-state index in [-0.39, 0.29) is 25.1 Å². The Balaban J connectivity index is 0.00000256. The zero-order valence-electron chi connectivity index (χ0n) is 10.6. The zero-order chi connectivity index (χ0) is 12.0. The lowest BCUT2D eigenvalue weighted by atomic mass is 10.0. The maximum absolute atomic E-state index is 8.85. The van der Waals surface area contributed by atoms with Crippen LogP contribution in [-0.4, -0.2) is 31.3 Å². The summed E-state index contributed by atoms with van der Waals surface area (Å²) < 4.78 is 0. The van der Waals surface area contributed by atoms with Crippen molar-refractivity contribution in [1.82, 2.24) is 0 Å². The molecule has 98 valence electrons. The number of hydrogen-bond acceptors (Lipinski definition) is 3. The third-order valence-electron chi connectivity index (χ3n) is 2.83. The molecule has 0 spiro atoms. The van der Waals surface area contributed by atoms with Crippen LogP contribution in [0.15, 0.2) is 24.3 Å². The van der Waals surface area contributed by atoms with E-state index in [1.807, 2.05) is 11.9 Å². The molecule has 4 heteroatoms. The van der Waals surface area contributed by atoms with Crippen LogP contribution in [0, 0.1) is 0 Å². The molecule has 17 heavy (non-hydrogen) atoms. The Hall–Kier alpha value is -0.770. The predicted octanol–water partition coefficient (Wildman–Crippen LogP) is 1.82. The number of likely N-dealkylation sites (N-methyl/N-ethyl adjacent to an activating group) is 1. The molecule has 0 aliphatic carbocycles. The second kappa shape index (κ2) is 8.34. The van der Waals surface area contributed by atoms with Gasteiger partial charge >= 0.3 is 0 Å². The van der Waals surface area contributed by atoms with Crippen LogP contribution in [0.4, 0.5) is 5.69 Å². The summed E-state index contributed by atoms with van der Waals surface area (Å²) >= 11 is 0. The normalized spacial score (nSPS) is 11.8. The highest BCUT2D eigenvalue weighted by atomic mass is 35.5. The average Bonchev–Trinajstić information content (AvgIpc) is 2.30. The van der Waals surface area contributed by atoms with Crippen molar-refractivity contribution in [2.24, 2.45) is 5.73 Å². The Morgan fingerprint density at radius 2 is 1.88 bits per heavy atom. The predicted molar refractivity (Wildman–Crippen MR) is 76.0 cm³/mol. The fraction of sp³-hybridized carbons (Fsp3) is 0.538. The van der Waals surface area contributed by atoms with E-state index in [0.717, 1.165) is 18.5 Å². The van der Waals surface area contributed by atoms with Crippen molar-refractivity contribution >= 4 is 18.1 Å². The number of aliphatic hydroxyl groups is 1. The van der Waals surface area contributed by atoms with Crippen molar-refractivity contribution < 1.29 is 5.11 Å². The number of nitrogens with zero attached hydrogens (tertiary/aromatic N) is 1. The van der Waals surface area contributed by atoms with Crippen LogP contribution in [0.25, 0.3) is 0 Å². The van der Waals surface area contributed by atoms with Gasteiger partial charge in [0, 0.05) is 25.3 Å². The maximum Gasteiger partial charge on any atom is 0.0606 e. The molecule has 0 amide bonds. The van der Waals surface area contributed by atoms with E-state index in [4.69, 9.17) is 10.8 Å². The van der Waals surface area contributed by atoms with Crippen molar-refractivity contribution in [2.75, 3.05) is 25.1 Å². The van der Waals surface area contributed by atoms with Crippen molar-refractivity contribution in [3.05, 3.63) is 29.8 Å². The molecule has 0 bridgehead atoms. The van der Waals surface area contributed by atoms with Gasteiger partial charge in [0.15, 0.2) is 0 Å². The zero-order valence-corrected chi connectivity index (χ0v) is 11.4. The average molecular weight is 259 g/mol. The third kappa shape index (κ3) is 5.39. The van der Waals surface area contributed by atoms with Crippen molar-refractivity contribution in [1.29, 1.82) is 0 Å². The minimum Gasteiger partial charge on any atom is -0.395 e. The van der Waals surface area contributed by atoms with Crippen LogP contribution in [0.1, 0.15) is 18.9 Å². The number of rotatable bonds is 6. The molecular formula is C13H23ClN2O. The SMILES string of the molecule is CCC(N)Cc1ccc(N(C)CCO)cc1.Cl. The second-order valence-electron chi connectivity index (χ2n) is 4.18. The Labute approximate surface area is 110 Å².